The molecule has 1 amide bonds. The Bertz CT molecular complexity index is 735. The van der Waals surface area contributed by atoms with E-state index in [0.29, 0.717) is 36.1 Å². The van der Waals surface area contributed by atoms with Crippen LogP contribution in [0.25, 0.3) is 0 Å². The molecule has 5 nitrogen and oxygen atoms in total. The standard InChI is InChI=1S/C20H25FN4O/c1-2-16-8-5-6-12-25(16)20(26)18-13-24-19(14-23-18)22-11-10-15-7-3-4-9-17(15)21/h3-4,7,9,13-14,16H,2,5-6,8,10-12H2,1H3,(H,22,24). The summed E-state index contributed by atoms with van der Waals surface area (Å²) in [5.41, 5.74) is 1.04. The highest BCUT2D eigenvalue weighted by atomic mass is 19.1. The minimum absolute atomic E-state index is 0.0399. The topological polar surface area (TPSA) is 58.1 Å². The van der Waals surface area contributed by atoms with Gasteiger partial charge in [-0.15, -0.1) is 0 Å². The quantitative estimate of drug-likeness (QED) is 0.858. The fourth-order valence-corrected chi connectivity index (χ4v) is 3.40. The van der Waals surface area contributed by atoms with Crippen molar-refractivity contribution in [1.29, 1.82) is 0 Å². The molecular weight excluding hydrogens is 331 g/mol. The molecule has 0 bridgehead atoms. The summed E-state index contributed by atoms with van der Waals surface area (Å²) in [5, 5.41) is 3.12. The van der Waals surface area contributed by atoms with Crippen molar-refractivity contribution >= 4 is 11.7 Å². The summed E-state index contributed by atoms with van der Waals surface area (Å²) in [7, 11) is 0. The van der Waals surface area contributed by atoms with Crippen LogP contribution in [0.3, 0.4) is 0 Å². The second-order valence-corrected chi connectivity index (χ2v) is 6.61. The maximum absolute atomic E-state index is 13.6. The second-order valence-electron chi connectivity index (χ2n) is 6.61. The van der Waals surface area contributed by atoms with Gasteiger partial charge in [-0.25, -0.2) is 14.4 Å². The Balaban J connectivity index is 1.56. The van der Waals surface area contributed by atoms with Gasteiger partial charge >= 0.3 is 0 Å². The van der Waals surface area contributed by atoms with E-state index in [9.17, 15) is 9.18 Å². The molecule has 6 heteroatoms. The van der Waals surface area contributed by atoms with E-state index in [0.717, 1.165) is 25.8 Å². The van der Waals surface area contributed by atoms with E-state index < -0.39 is 0 Å². The van der Waals surface area contributed by atoms with Crippen LogP contribution < -0.4 is 5.32 Å². The van der Waals surface area contributed by atoms with Crippen LogP contribution in [0.5, 0.6) is 0 Å². The molecule has 2 aromatic rings. The van der Waals surface area contributed by atoms with Crippen LogP contribution in [0, 0.1) is 5.82 Å². The minimum Gasteiger partial charge on any atom is -0.368 e. The number of carbonyl (C=O) groups is 1. The van der Waals surface area contributed by atoms with Crippen molar-refractivity contribution in [2.24, 2.45) is 0 Å². The first-order valence-corrected chi connectivity index (χ1v) is 9.29. The first-order valence-electron chi connectivity index (χ1n) is 9.29. The normalized spacial score (nSPS) is 17.2. The number of nitrogens with one attached hydrogen (secondary N) is 1. The first kappa shape index (κ1) is 18.3. The van der Waals surface area contributed by atoms with Gasteiger partial charge in [0.15, 0.2) is 0 Å². The zero-order valence-corrected chi connectivity index (χ0v) is 15.1. The number of hydrogen-bond donors (Lipinski definition) is 1. The second kappa shape index (κ2) is 8.74. The maximum Gasteiger partial charge on any atom is 0.274 e. The molecule has 1 N–H and O–H groups in total. The van der Waals surface area contributed by atoms with Crippen LogP contribution in [0.2, 0.25) is 0 Å². The molecule has 1 aliphatic heterocycles. The highest BCUT2D eigenvalue weighted by Crippen LogP contribution is 2.21. The number of hydrogen-bond acceptors (Lipinski definition) is 4. The van der Waals surface area contributed by atoms with Crippen LogP contribution in [0.15, 0.2) is 36.7 Å². The third-order valence-corrected chi connectivity index (χ3v) is 4.89. The number of anilines is 1. The van der Waals surface area contributed by atoms with Gasteiger partial charge in [-0.05, 0) is 43.7 Å². The van der Waals surface area contributed by atoms with Gasteiger partial charge < -0.3 is 10.2 Å². The number of likely N-dealkylation sites (tertiary alicyclic amines) is 1. The van der Waals surface area contributed by atoms with Crippen LogP contribution in [0.4, 0.5) is 10.2 Å². The summed E-state index contributed by atoms with van der Waals surface area (Å²) < 4.78 is 13.6. The van der Waals surface area contributed by atoms with E-state index in [1.54, 1.807) is 18.3 Å². The smallest absolute Gasteiger partial charge is 0.274 e. The SMILES string of the molecule is CCC1CCCCN1C(=O)c1cnc(NCCc2ccccc2F)cn1. The molecule has 1 aliphatic rings. The predicted octanol–water partition coefficient (Wildman–Crippen LogP) is 3.68. The van der Waals surface area contributed by atoms with Crippen molar-refractivity contribution in [2.45, 2.75) is 45.1 Å². The van der Waals surface area contributed by atoms with Crippen molar-refractivity contribution < 1.29 is 9.18 Å². The molecule has 0 radical (unpaired) electrons. The maximum atomic E-state index is 13.6. The lowest BCUT2D eigenvalue weighted by atomic mass is 10.00. The fourth-order valence-electron chi connectivity index (χ4n) is 3.40. The van der Waals surface area contributed by atoms with Gasteiger partial charge in [0.25, 0.3) is 5.91 Å². The highest BCUT2D eigenvalue weighted by molar-refractivity contribution is 5.92. The number of amides is 1. The Labute approximate surface area is 153 Å². The van der Waals surface area contributed by atoms with Crippen molar-refractivity contribution in [1.82, 2.24) is 14.9 Å². The summed E-state index contributed by atoms with van der Waals surface area (Å²) in [6.45, 7) is 3.46. The number of aromatic nitrogens is 2. The Kier molecular flexibility index (Phi) is 6.15. The molecule has 2 heterocycles. The number of piperidine rings is 1. The van der Waals surface area contributed by atoms with Gasteiger partial charge in [-0.3, -0.25) is 4.79 Å². The molecule has 26 heavy (non-hydrogen) atoms. The monoisotopic (exact) mass is 356 g/mol. The van der Waals surface area contributed by atoms with E-state index in [4.69, 9.17) is 0 Å². The molecule has 1 aromatic heterocycles. The van der Waals surface area contributed by atoms with Gasteiger partial charge in [0.05, 0.1) is 12.4 Å². The van der Waals surface area contributed by atoms with Gasteiger partial charge in [0, 0.05) is 19.1 Å². The third kappa shape index (κ3) is 4.36. The van der Waals surface area contributed by atoms with Crippen LogP contribution >= 0.6 is 0 Å². The summed E-state index contributed by atoms with van der Waals surface area (Å²) in [5.74, 6) is 0.346. The number of carbonyl (C=O) groups excluding carboxylic acids is 1. The third-order valence-electron chi connectivity index (χ3n) is 4.89. The Hall–Kier alpha value is -2.50. The van der Waals surface area contributed by atoms with E-state index in [2.05, 4.69) is 22.2 Å². The molecule has 1 fully saturated rings. The van der Waals surface area contributed by atoms with E-state index in [1.807, 2.05) is 11.0 Å². The Morgan fingerprint density at radius 3 is 2.85 bits per heavy atom. The molecule has 0 saturated carbocycles. The van der Waals surface area contributed by atoms with Crippen LogP contribution in [-0.2, 0) is 6.42 Å². The minimum atomic E-state index is -0.201. The zero-order valence-electron chi connectivity index (χ0n) is 15.1. The summed E-state index contributed by atoms with van der Waals surface area (Å²) in [4.78, 5) is 23.2. The lowest BCUT2D eigenvalue weighted by Crippen LogP contribution is -2.43. The summed E-state index contributed by atoms with van der Waals surface area (Å²) >= 11 is 0. The van der Waals surface area contributed by atoms with E-state index in [1.165, 1.54) is 18.7 Å². The van der Waals surface area contributed by atoms with Crippen LogP contribution in [0.1, 0.15) is 48.7 Å². The molecule has 1 atom stereocenters. The summed E-state index contributed by atoms with van der Waals surface area (Å²) in [6, 6.07) is 7.03. The van der Waals surface area contributed by atoms with Crippen LogP contribution in [-0.4, -0.2) is 39.9 Å². The molecule has 3 rings (SSSR count). The highest BCUT2D eigenvalue weighted by Gasteiger charge is 2.27. The van der Waals surface area contributed by atoms with Crippen molar-refractivity contribution in [3.63, 3.8) is 0 Å². The average molecular weight is 356 g/mol. The van der Waals surface area contributed by atoms with E-state index in [-0.39, 0.29) is 11.7 Å². The molecule has 1 aromatic carbocycles. The number of nitrogens with zero attached hydrogens (tertiary/aromatic N) is 3. The van der Waals surface area contributed by atoms with Gasteiger partial charge in [-0.1, -0.05) is 25.1 Å². The molecule has 1 saturated heterocycles. The molecule has 0 aliphatic carbocycles. The van der Waals surface area contributed by atoms with Crippen molar-refractivity contribution in [3.05, 3.63) is 53.7 Å². The largest absolute Gasteiger partial charge is 0.368 e. The van der Waals surface area contributed by atoms with Gasteiger partial charge in [-0.2, -0.15) is 0 Å². The molecule has 1 unspecified atom stereocenters. The van der Waals surface area contributed by atoms with Gasteiger partial charge in [0.1, 0.15) is 17.3 Å². The first-order chi connectivity index (χ1) is 12.7. The summed E-state index contributed by atoms with van der Waals surface area (Å²) in [6.07, 6.45) is 7.90. The Morgan fingerprint density at radius 2 is 2.12 bits per heavy atom. The molecule has 138 valence electrons. The fraction of sp³-hybridized carbons (Fsp3) is 0.450. The predicted molar refractivity (Wildman–Crippen MR) is 99.6 cm³/mol. The lowest BCUT2D eigenvalue weighted by molar-refractivity contribution is 0.0601. The number of benzene rings is 1. The van der Waals surface area contributed by atoms with Crippen molar-refractivity contribution in [2.75, 3.05) is 18.4 Å². The van der Waals surface area contributed by atoms with Gasteiger partial charge in [0.2, 0.25) is 0 Å². The zero-order chi connectivity index (χ0) is 18.4. The number of halogens is 1. The molecule has 0 spiro atoms. The lowest BCUT2D eigenvalue weighted by Gasteiger charge is -2.34. The van der Waals surface area contributed by atoms with Crippen molar-refractivity contribution in [3.8, 4) is 0 Å². The Morgan fingerprint density at radius 1 is 1.27 bits per heavy atom. The number of rotatable bonds is 6. The van der Waals surface area contributed by atoms with E-state index >= 15 is 0 Å². The molecular formula is C20H25FN4O. The average Bonchev–Trinajstić information content (AvgIpc) is 2.69.